The van der Waals surface area contributed by atoms with Gasteiger partial charge in [0.25, 0.3) is 0 Å². The number of anilines is 1. The molecule has 0 saturated heterocycles. The number of nitrogens with zero attached hydrogens (tertiary/aromatic N) is 1. The van der Waals surface area contributed by atoms with Crippen LogP contribution in [0.15, 0.2) is 42.6 Å². The first-order chi connectivity index (χ1) is 14.1. The zero-order valence-electron chi connectivity index (χ0n) is 17.1. The molecule has 152 valence electrons. The summed E-state index contributed by atoms with van der Waals surface area (Å²) < 4.78 is 11.3. The summed E-state index contributed by atoms with van der Waals surface area (Å²) in [5.74, 6) is 1.40. The van der Waals surface area contributed by atoms with Crippen molar-refractivity contribution in [3.05, 3.63) is 53.7 Å². The third-order valence-electron chi connectivity index (χ3n) is 5.44. The average Bonchev–Trinajstić information content (AvgIpc) is 3.07. The molecule has 0 radical (unpaired) electrons. The van der Waals surface area contributed by atoms with Crippen LogP contribution in [-0.4, -0.2) is 37.7 Å². The number of ether oxygens (including phenoxy) is 2. The maximum absolute atomic E-state index is 12.0. The van der Waals surface area contributed by atoms with E-state index in [1.54, 1.807) is 14.0 Å². The van der Waals surface area contributed by atoms with Crippen molar-refractivity contribution in [1.82, 2.24) is 10.3 Å². The molecular formula is C23H27N3O3. The minimum absolute atomic E-state index is 0.0458. The van der Waals surface area contributed by atoms with Gasteiger partial charge < -0.3 is 24.7 Å². The number of methoxy groups -OCH3 is 1. The minimum atomic E-state index is -0.135. The number of carbonyl (C=O) groups is 1. The maximum atomic E-state index is 12.0. The highest BCUT2D eigenvalue weighted by atomic mass is 16.5. The smallest absolute Gasteiger partial charge is 0.217 e. The Morgan fingerprint density at radius 3 is 2.86 bits per heavy atom. The fraction of sp³-hybridized carbons (Fsp3) is 0.348. The number of H-pyrrole nitrogens is 1. The number of benzene rings is 2. The lowest BCUT2D eigenvalue weighted by Crippen LogP contribution is -2.36. The molecule has 6 heteroatoms. The number of aromatic nitrogens is 1. The summed E-state index contributed by atoms with van der Waals surface area (Å²) in [7, 11) is 1.66. The number of carbonyl (C=O) groups excluding carboxylic acids is 1. The van der Waals surface area contributed by atoms with Crippen molar-refractivity contribution in [2.75, 3.05) is 31.7 Å². The lowest BCUT2D eigenvalue weighted by Gasteiger charge is -2.27. The van der Waals surface area contributed by atoms with Crippen LogP contribution in [-0.2, 0) is 11.2 Å². The summed E-state index contributed by atoms with van der Waals surface area (Å²) in [4.78, 5) is 17.7. The molecule has 0 spiro atoms. The Hall–Kier alpha value is -3.15. The van der Waals surface area contributed by atoms with Gasteiger partial charge in [-0.1, -0.05) is 18.2 Å². The molecular weight excluding hydrogens is 366 g/mol. The van der Waals surface area contributed by atoms with Crippen molar-refractivity contribution in [1.29, 1.82) is 0 Å². The first kappa shape index (κ1) is 19.2. The number of para-hydroxylation sites is 1. The molecule has 6 nitrogen and oxygen atoms in total. The molecule has 1 amide bonds. The molecule has 3 aromatic rings. The predicted octanol–water partition coefficient (Wildman–Crippen LogP) is 3.82. The van der Waals surface area contributed by atoms with Gasteiger partial charge in [0.2, 0.25) is 5.91 Å². The number of hydrogen-bond acceptors (Lipinski definition) is 4. The Labute approximate surface area is 170 Å². The van der Waals surface area contributed by atoms with Crippen molar-refractivity contribution < 1.29 is 14.3 Å². The zero-order chi connectivity index (χ0) is 20.4. The third kappa shape index (κ3) is 3.75. The minimum Gasteiger partial charge on any atom is -0.493 e. The van der Waals surface area contributed by atoms with E-state index in [1.807, 2.05) is 25.1 Å². The van der Waals surface area contributed by atoms with Crippen molar-refractivity contribution in [3.63, 3.8) is 0 Å². The van der Waals surface area contributed by atoms with Gasteiger partial charge in [0, 0.05) is 37.1 Å². The topological polar surface area (TPSA) is 66.6 Å². The molecule has 1 atom stereocenters. The number of nitrogens with one attached hydrogen (secondary N) is 2. The molecule has 0 bridgehead atoms. The van der Waals surface area contributed by atoms with E-state index in [-0.39, 0.29) is 11.9 Å². The van der Waals surface area contributed by atoms with Gasteiger partial charge in [-0.15, -0.1) is 0 Å². The zero-order valence-corrected chi connectivity index (χ0v) is 17.1. The van der Waals surface area contributed by atoms with E-state index in [4.69, 9.17) is 9.47 Å². The van der Waals surface area contributed by atoms with Crippen LogP contribution in [0.4, 0.5) is 5.69 Å². The molecule has 2 N–H and O–H groups in total. The quantitative estimate of drug-likeness (QED) is 0.692. The van der Waals surface area contributed by atoms with Crippen LogP contribution in [0.2, 0.25) is 0 Å². The van der Waals surface area contributed by atoms with Crippen molar-refractivity contribution in [3.8, 4) is 11.5 Å². The summed E-state index contributed by atoms with van der Waals surface area (Å²) in [6.45, 7) is 5.61. The van der Waals surface area contributed by atoms with E-state index in [1.165, 1.54) is 10.9 Å². The van der Waals surface area contributed by atoms with Gasteiger partial charge >= 0.3 is 0 Å². The molecule has 1 aliphatic rings. The van der Waals surface area contributed by atoms with E-state index in [9.17, 15) is 4.79 Å². The molecule has 2 aromatic carbocycles. The summed E-state index contributed by atoms with van der Waals surface area (Å²) >= 11 is 0. The number of hydrogen-bond donors (Lipinski definition) is 2. The molecule has 1 unspecified atom stereocenters. The van der Waals surface area contributed by atoms with Gasteiger partial charge in [0.1, 0.15) is 0 Å². The molecule has 1 aromatic heterocycles. The lowest BCUT2D eigenvalue weighted by atomic mass is 9.98. The Morgan fingerprint density at radius 2 is 2.10 bits per heavy atom. The van der Waals surface area contributed by atoms with E-state index in [2.05, 4.69) is 39.6 Å². The second-order valence-electron chi connectivity index (χ2n) is 7.30. The molecule has 0 aliphatic carbocycles. The van der Waals surface area contributed by atoms with Crippen LogP contribution in [0.25, 0.3) is 10.9 Å². The fourth-order valence-electron chi connectivity index (χ4n) is 4.16. The standard InChI is InChI=1S/C23H27N3O3/c1-4-29-23-12-18-16(11-22(23)28-3)9-10-26(14-20(18)25-15(2)27)21-13-24-19-8-6-5-7-17(19)21/h5-8,11-13,20,24H,4,9-10,14H2,1-3H3,(H,25,27). The van der Waals surface area contributed by atoms with Gasteiger partial charge in [-0.2, -0.15) is 0 Å². The average molecular weight is 393 g/mol. The van der Waals surface area contributed by atoms with E-state index in [0.29, 0.717) is 18.9 Å². The Kier molecular flexibility index (Phi) is 5.34. The number of fused-ring (bicyclic) bond motifs is 2. The summed E-state index contributed by atoms with van der Waals surface area (Å²) in [5, 5.41) is 4.33. The van der Waals surface area contributed by atoms with Gasteiger partial charge in [-0.25, -0.2) is 0 Å². The van der Waals surface area contributed by atoms with Crippen LogP contribution in [0, 0.1) is 0 Å². The third-order valence-corrected chi connectivity index (χ3v) is 5.44. The van der Waals surface area contributed by atoms with E-state index in [0.717, 1.165) is 35.5 Å². The second-order valence-corrected chi connectivity index (χ2v) is 7.30. The van der Waals surface area contributed by atoms with Gasteiger partial charge in [0.15, 0.2) is 11.5 Å². The molecule has 2 heterocycles. The Bertz CT molecular complexity index is 1030. The van der Waals surface area contributed by atoms with Crippen molar-refractivity contribution in [2.45, 2.75) is 26.3 Å². The first-order valence-corrected chi connectivity index (χ1v) is 10.0. The van der Waals surface area contributed by atoms with E-state index >= 15 is 0 Å². The monoisotopic (exact) mass is 393 g/mol. The second kappa shape index (κ2) is 8.07. The summed E-state index contributed by atoms with van der Waals surface area (Å²) in [6.07, 6.45) is 2.91. The number of amides is 1. The van der Waals surface area contributed by atoms with Gasteiger partial charge in [-0.05, 0) is 42.7 Å². The van der Waals surface area contributed by atoms with Crippen LogP contribution >= 0.6 is 0 Å². The Balaban J connectivity index is 1.75. The molecule has 0 fully saturated rings. The Morgan fingerprint density at radius 1 is 1.28 bits per heavy atom. The van der Waals surface area contributed by atoms with Crippen LogP contribution in [0.5, 0.6) is 11.5 Å². The fourth-order valence-corrected chi connectivity index (χ4v) is 4.16. The van der Waals surface area contributed by atoms with Gasteiger partial charge in [-0.3, -0.25) is 4.79 Å². The van der Waals surface area contributed by atoms with Crippen LogP contribution in [0.3, 0.4) is 0 Å². The lowest BCUT2D eigenvalue weighted by molar-refractivity contribution is -0.119. The van der Waals surface area contributed by atoms with Crippen LogP contribution in [0.1, 0.15) is 31.0 Å². The first-order valence-electron chi connectivity index (χ1n) is 10.0. The van der Waals surface area contributed by atoms with Crippen molar-refractivity contribution >= 4 is 22.5 Å². The highest BCUT2D eigenvalue weighted by Gasteiger charge is 2.27. The normalized spacial score (nSPS) is 16.2. The molecule has 29 heavy (non-hydrogen) atoms. The highest BCUT2D eigenvalue weighted by molar-refractivity contribution is 5.93. The summed E-state index contributed by atoms with van der Waals surface area (Å²) in [5.41, 5.74) is 4.53. The number of aromatic amines is 1. The molecule has 1 aliphatic heterocycles. The van der Waals surface area contributed by atoms with Gasteiger partial charge in [0.05, 0.1) is 25.4 Å². The molecule has 0 saturated carbocycles. The molecule has 4 rings (SSSR count). The summed E-state index contributed by atoms with van der Waals surface area (Å²) in [6, 6.07) is 12.2. The predicted molar refractivity (Wildman–Crippen MR) is 115 cm³/mol. The van der Waals surface area contributed by atoms with E-state index < -0.39 is 0 Å². The largest absolute Gasteiger partial charge is 0.493 e. The maximum Gasteiger partial charge on any atom is 0.217 e. The van der Waals surface area contributed by atoms with Crippen molar-refractivity contribution in [2.24, 2.45) is 0 Å². The van der Waals surface area contributed by atoms with Crippen LogP contribution < -0.4 is 19.7 Å². The number of rotatable bonds is 5. The highest BCUT2D eigenvalue weighted by Crippen LogP contribution is 2.37. The SMILES string of the molecule is CCOc1cc2c(cc1OC)CCN(c1c[nH]c3ccccc13)CC2NC(C)=O.